The standard InChI is InChI=1S/C23H19N5O4S/c29-23(28-20-14-33-22(26-20)15-8-11-24-12-9-15)27-19-6-3-7-21(25-19)31-17-5-2-1-4-16(17)18-10-13-30-32-18/h1-9,11-12,14,18H,10,13H2,(H2,25,27,28,29). The summed E-state index contributed by atoms with van der Waals surface area (Å²) in [5.74, 6) is 1.75. The summed E-state index contributed by atoms with van der Waals surface area (Å²) in [7, 11) is 0. The van der Waals surface area contributed by atoms with Crippen molar-refractivity contribution in [1.29, 1.82) is 0 Å². The van der Waals surface area contributed by atoms with Crippen LogP contribution in [0.15, 0.2) is 72.4 Å². The first-order valence-corrected chi connectivity index (χ1v) is 11.1. The highest BCUT2D eigenvalue weighted by Crippen LogP contribution is 2.35. The third kappa shape index (κ3) is 5.14. The Morgan fingerprint density at radius 2 is 1.85 bits per heavy atom. The second kappa shape index (κ2) is 9.74. The SMILES string of the molecule is O=C(Nc1cccc(Oc2ccccc2C2CCOO2)n1)Nc1csc(-c2ccncc2)n1. The number of nitrogens with one attached hydrogen (secondary N) is 2. The van der Waals surface area contributed by atoms with Crippen LogP contribution < -0.4 is 15.4 Å². The van der Waals surface area contributed by atoms with Crippen molar-refractivity contribution in [3.63, 3.8) is 0 Å². The number of aromatic nitrogens is 3. The van der Waals surface area contributed by atoms with Crippen molar-refractivity contribution in [2.75, 3.05) is 17.2 Å². The zero-order chi connectivity index (χ0) is 22.5. The number of hydrogen-bond acceptors (Lipinski definition) is 8. The molecule has 5 rings (SSSR count). The van der Waals surface area contributed by atoms with Crippen LogP contribution in [-0.2, 0) is 9.78 Å². The molecule has 1 aromatic carbocycles. The van der Waals surface area contributed by atoms with Crippen molar-refractivity contribution >= 4 is 29.0 Å². The number of hydrogen-bond donors (Lipinski definition) is 2. The van der Waals surface area contributed by atoms with Crippen molar-refractivity contribution < 1.29 is 19.3 Å². The van der Waals surface area contributed by atoms with Gasteiger partial charge in [-0.2, -0.15) is 4.98 Å². The van der Waals surface area contributed by atoms with E-state index >= 15 is 0 Å². The fourth-order valence-electron chi connectivity index (χ4n) is 3.26. The number of ether oxygens (including phenoxy) is 1. The van der Waals surface area contributed by atoms with Crippen LogP contribution in [0.2, 0.25) is 0 Å². The van der Waals surface area contributed by atoms with Gasteiger partial charge in [-0.05, 0) is 24.3 Å². The largest absolute Gasteiger partial charge is 0.439 e. The van der Waals surface area contributed by atoms with E-state index in [0.29, 0.717) is 29.9 Å². The van der Waals surface area contributed by atoms with Crippen LogP contribution in [0, 0.1) is 0 Å². The lowest BCUT2D eigenvalue weighted by Crippen LogP contribution is -2.20. The van der Waals surface area contributed by atoms with Gasteiger partial charge >= 0.3 is 6.03 Å². The fraction of sp³-hybridized carbons (Fsp3) is 0.130. The number of carbonyl (C=O) groups excluding carboxylic acids is 1. The van der Waals surface area contributed by atoms with Gasteiger partial charge in [0, 0.05) is 41.4 Å². The molecule has 1 atom stereocenters. The Labute approximate surface area is 193 Å². The molecule has 1 fully saturated rings. The van der Waals surface area contributed by atoms with E-state index in [-0.39, 0.29) is 6.10 Å². The highest BCUT2D eigenvalue weighted by molar-refractivity contribution is 7.13. The Bertz CT molecular complexity index is 1240. The minimum atomic E-state index is -0.455. The van der Waals surface area contributed by atoms with Crippen LogP contribution >= 0.6 is 11.3 Å². The first kappa shape index (κ1) is 21.0. The Morgan fingerprint density at radius 1 is 1.00 bits per heavy atom. The summed E-state index contributed by atoms with van der Waals surface area (Å²) < 4.78 is 5.98. The Kier molecular flexibility index (Phi) is 6.20. The second-order valence-electron chi connectivity index (χ2n) is 7.05. The van der Waals surface area contributed by atoms with Gasteiger partial charge in [0.1, 0.15) is 28.5 Å². The highest BCUT2D eigenvalue weighted by Gasteiger charge is 2.23. The van der Waals surface area contributed by atoms with Gasteiger partial charge in [-0.3, -0.25) is 15.6 Å². The van der Waals surface area contributed by atoms with Gasteiger partial charge in [0.2, 0.25) is 5.88 Å². The van der Waals surface area contributed by atoms with Crippen LogP contribution in [0.5, 0.6) is 11.6 Å². The number of carbonyl (C=O) groups is 1. The van der Waals surface area contributed by atoms with E-state index in [9.17, 15) is 4.79 Å². The van der Waals surface area contributed by atoms with Crippen molar-refractivity contribution in [3.05, 3.63) is 77.9 Å². The molecule has 0 aliphatic carbocycles. The predicted octanol–water partition coefficient (Wildman–Crippen LogP) is 5.43. The smallest absolute Gasteiger partial charge is 0.326 e. The monoisotopic (exact) mass is 461 g/mol. The van der Waals surface area contributed by atoms with Crippen molar-refractivity contribution in [2.45, 2.75) is 12.5 Å². The molecule has 0 spiro atoms. The van der Waals surface area contributed by atoms with Crippen LogP contribution in [0.4, 0.5) is 16.4 Å². The molecule has 0 saturated carbocycles. The first-order valence-electron chi connectivity index (χ1n) is 10.2. The van der Waals surface area contributed by atoms with Crippen molar-refractivity contribution in [2.24, 2.45) is 0 Å². The summed E-state index contributed by atoms with van der Waals surface area (Å²) in [6, 6.07) is 16.0. The third-order valence-corrected chi connectivity index (χ3v) is 5.66. The van der Waals surface area contributed by atoms with E-state index in [1.54, 1.807) is 36.0 Å². The number of amides is 2. The molecule has 4 heterocycles. The zero-order valence-electron chi connectivity index (χ0n) is 17.3. The number of urea groups is 1. The quantitative estimate of drug-likeness (QED) is 0.369. The molecule has 1 aliphatic heterocycles. The van der Waals surface area contributed by atoms with E-state index in [1.165, 1.54) is 11.3 Å². The van der Waals surface area contributed by atoms with Gasteiger partial charge in [-0.15, -0.1) is 11.3 Å². The molecule has 1 saturated heterocycles. The Morgan fingerprint density at radius 3 is 2.70 bits per heavy atom. The predicted molar refractivity (Wildman–Crippen MR) is 123 cm³/mol. The van der Waals surface area contributed by atoms with E-state index in [4.69, 9.17) is 14.5 Å². The second-order valence-corrected chi connectivity index (χ2v) is 7.91. The first-order chi connectivity index (χ1) is 16.2. The summed E-state index contributed by atoms with van der Waals surface area (Å²) in [6.45, 7) is 0.537. The maximum atomic E-state index is 12.4. The molecule has 1 aliphatic rings. The number of anilines is 2. The molecule has 10 heteroatoms. The topological polar surface area (TPSA) is 107 Å². The number of para-hydroxylation sites is 1. The molecular formula is C23H19N5O4S. The molecule has 2 N–H and O–H groups in total. The number of pyridine rings is 2. The number of thiazole rings is 1. The summed E-state index contributed by atoms with van der Waals surface area (Å²) in [6.07, 6.45) is 3.95. The van der Waals surface area contributed by atoms with E-state index in [0.717, 1.165) is 22.6 Å². The molecule has 3 aromatic heterocycles. The molecule has 33 heavy (non-hydrogen) atoms. The number of nitrogens with zero attached hydrogens (tertiary/aromatic N) is 3. The summed E-state index contributed by atoms with van der Waals surface area (Å²) >= 11 is 1.43. The zero-order valence-corrected chi connectivity index (χ0v) is 18.1. The van der Waals surface area contributed by atoms with Gasteiger partial charge in [-0.1, -0.05) is 24.3 Å². The fourth-order valence-corrected chi connectivity index (χ4v) is 4.01. The van der Waals surface area contributed by atoms with Crippen LogP contribution in [0.1, 0.15) is 18.1 Å². The maximum Gasteiger partial charge on any atom is 0.326 e. The highest BCUT2D eigenvalue weighted by atomic mass is 32.1. The molecule has 0 bridgehead atoms. The van der Waals surface area contributed by atoms with Crippen LogP contribution in [0.3, 0.4) is 0 Å². The molecule has 9 nitrogen and oxygen atoms in total. The average Bonchev–Trinajstić information content (AvgIpc) is 3.53. The molecule has 4 aromatic rings. The molecule has 0 radical (unpaired) electrons. The number of rotatable bonds is 6. The van der Waals surface area contributed by atoms with E-state index < -0.39 is 6.03 Å². The summed E-state index contributed by atoms with van der Waals surface area (Å²) in [5, 5.41) is 7.98. The summed E-state index contributed by atoms with van der Waals surface area (Å²) in [4.78, 5) is 35.6. The van der Waals surface area contributed by atoms with Crippen molar-refractivity contribution in [3.8, 4) is 22.2 Å². The lowest BCUT2D eigenvalue weighted by molar-refractivity contribution is -0.276. The van der Waals surface area contributed by atoms with Crippen molar-refractivity contribution in [1.82, 2.24) is 15.0 Å². The molecule has 2 amide bonds. The number of benzene rings is 1. The van der Waals surface area contributed by atoms with E-state index in [1.807, 2.05) is 36.4 Å². The van der Waals surface area contributed by atoms with Gasteiger partial charge < -0.3 is 4.74 Å². The molecule has 1 unspecified atom stereocenters. The summed E-state index contributed by atoms with van der Waals surface area (Å²) in [5.41, 5.74) is 1.81. The minimum absolute atomic E-state index is 0.191. The van der Waals surface area contributed by atoms with E-state index in [2.05, 4.69) is 25.6 Å². The average molecular weight is 462 g/mol. The maximum absolute atomic E-state index is 12.4. The van der Waals surface area contributed by atoms with Crippen LogP contribution in [-0.4, -0.2) is 27.6 Å². The Hall–Kier alpha value is -3.86. The normalized spacial score (nSPS) is 15.2. The van der Waals surface area contributed by atoms with Gasteiger partial charge in [0.15, 0.2) is 0 Å². The van der Waals surface area contributed by atoms with Gasteiger partial charge in [-0.25, -0.2) is 19.6 Å². The van der Waals surface area contributed by atoms with Gasteiger partial charge in [0.25, 0.3) is 0 Å². The van der Waals surface area contributed by atoms with Gasteiger partial charge in [0.05, 0.1) is 6.61 Å². The molecular weight excluding hydrogens is 442 g/mol. The third-order valence-electron chi connectivity index (χ3n) is 4.77. The minimum Gasteiger partial charge on any atom is -0.439 e. The van der Waals surface area contributed by atoms with Crippen LogP contribution in [0.25, 0.3) is 10.6 Å². The lowest BCUT2D eigenvalue weighted by Gasteiger charge is -2.14. The lowest BCUT2D eigenvalue weighted by atomic mass is 10.1. The molecule has 166 valence electrons. The Balaban J connectivity index is 1.24.